The molecule has 1 aromatic carbocycles. The molecule has 7 heteroatoms. The number of carboxylic acids is 1. The first kappa shape index (κ1) is 14.9. The van der Waals surface area contributed by atoms with Crippen LogP contribution in [0.2, 0.25) is 0 Å². The Balaban J connectivity index is 0.000000770. The number of alkyl halides is 3. The molecule has 17 heavy (non-hydrogen) atoms. The van der Waals surface area contributed by atoms with Crippen LogP contribution in [0.1, 0.15) is 21.5 Å². The van der Waals surface area contributed by atoms with E-state index < -0.39 is 17.7 Å². The zero-order valence-corrected chi connectivity index (χ0v) is 8.54. The van der Waals surface area contributed by atoms with E-state index >= 15 is 0 Å². The molecule has 0 aliphatic carbocycles. The van der Waals surface area contributed by atoms with Crippen molar-refractivity contribution < 1.29 is 32.7 Å². The molecule has 0 spiro atoms. The summed E-state index contributed by atoms with van der Waals surface area (Å²) in [6, 6.07) is 2.72. The van der Waals surface area contributed by atoms with E-state index in [9.17, 15) is 18.0 Å². The summed E-state index contributed by atoms with van der Waals surface area (Å²) in [5.41, 5.74) is -1.01. The Morgan fingerprint density at radius 1 is 1.24 bits per heavy atom. The molecule has 4 nitrogen and oxygen atoms in total. The van der Waals surface area contributed by atoms with Crippen molar-refractivity contribution >= 4 is 12.1 Å². The maximum atomic E-state index is 12.2. The predicted molar refractivity (Wildman–Crippen MR) is 48.1 cm³/mol. The minimum Gasteiger partial charge on any atom is -0.478 e. The molecule has 0 saturated heterocycles. The number of carbonyl (C=O) groups excluding carboxylic acids is 2. The van der Waals surface area contributed by atoms with Crippen molar-refractivity contribution in [2.45, 2.75) is 13.1 Å². The summed E-state index contributed by atoms with van der Waals surface area (Å²) in [6.45, 7) is 1.42. The van der Waals surface area contributed by atoms with Gasteiger partial charge in [0.25, 0.3) is 0 Å². The molecule has 0 unspecified atom stereocenters. The first-order valence-electron chi connectivity index (χ1n) is 4.13. The van der Waals surface area contributed by atoms with Gasteiger partial charge in [-0.1, -0.05) is 0 Å². The lowest BCUT2D eigenvalue weighted by Gasteiger charge is -2.08. The monoisotopic (exact) mass is 248 g/mol. The molecule has 0 fully saturated rings. The van der Waals surface area contributed by atoms with Crippen LogP contribution >= 0.6 is 0 Å². The summed E-state index contributed by atoms with van der Waals surface area (Å²) in [7, 11) is 0. The summed E-state index contributed by atoms with van der Waals surface area (Å²) < 4.78 is 36.7. The van der Waals surface area contributed by atoms with E-state index in [1.807, 2.05) is 0 Å². The summed E-state index contributed by atoms with van der Waals surface area (Å²) >= 11 is 0. The van der Waals surface area contributed by atoms with Crippen molar-refractivity contribution in [3.8, 4) is 0 Å². The van der Waals surface area contributed by atoms with Crippen molar-refractivity contribution in [2.24, 2.45) is 0 Å². The number of aromatic carboxylic acids is 1. The molecule has 1 rings (SSSR count). The number of rotatable bonds is 1. The second-order valence-electron chi connectivity index (χ2n) is 2.97. The number of hydrogen-bond acceptors (Lipinski definition) is 3. The van der Waals surface area contributed by atoms with Gasteiger partial charge in [0.2, 0.25) is 0 Å². The van der Waals surface area contributed by atoms with Crippen LogP contribution < -0.4 is 0 Å². The van der Waals surface area contributed by atoms with Gasteiger partial charge in [0.1, 0.15) is 0 Å². The highest BCUT2D eigenvalue weighted by atomic mass is 19.4. The summed E-state index contributed by atoms with van der Waals surface area (Å²) in [4.78, 5) is 26.7. The molecule has 0 radical (unpaired) electrons. The van der Waals surface area contributed by atoms with E-state index in [-0.39, 0.29) is 17.3 Å². The molecule has 0 aromatic heterocycles. The van der Waals surface area contributed by atoms with E-state index in [1.165, 1.54) is 13.0 Å². The summed E-state index contributed by atoms with van der Waals surface area (Å²) in [5.74, 6) is -1.36. The van der Waals surface area contributed by atoms with Crippen molar-refractivity contribution in [2.75, 3.05) is 0 Å². The van der Waals surface area contributed by atoms with Crippen LogP contribution in [0.5, 0.6) is 0 Å². The summed E-state index contributed by atoms with van der Waals surface area (Å²) in [5, 5.41) is 8.53. The fourth-order valence-electron chi connectivity index (χ4n) is 1.07. The van der Waals surface area contributed by atoms with Crippen molar-refractivity contribution in [1.82, 2.24) is 0 Å². The molecule has 0 aliphatic heterocycles. The van der Waals surface area contributed by atoms with Gasteiger partial charge in [-0.25, -0.2) is 4.79 Å². The Hall–Kier alpha value is -2.14. The van der Waals surface area contributed by atoms with Gasteiger partial charge in [0.15, 0.2) is 0 Å². The lowest BCUT2D eigenvalue weighted by Crippen LogP contribution is -2.08. The highest BCUT2D eigenvalue weighted by Gasteiger charge is 2.31. The Morgan fingerprint density at radius 3 is 2.06 bits per heavy atom. The highest BCUT2D eigenvalue weighted by Crippen LogP contribution is 2.30. The van der Waals surface area contributed by atoms with E-state index in [2.05, 4.69) is 0 Å². The Kier molecular flexibility index (Phi) is 5.08. The van der Waals surface area contributed by atoms with Gasteiger partial charge in [-0.05, 0) is 30.7 Å². The standard InChI is InChI=1S/C9H7F3O2.CO2/c1-5-2-6(8(13)14)4-7(3-5)9(10,11)12;2-1-3/h2-4H,1H3,(H,13,14);. The quantitative estimate of drug-likeness (QED) is 0.826. The third kappa shape index (κ3) is 4.94. The molecule has 0 aliphatic rings. The average molecular weight is 248 g/mol. The average Bonchev–Trinajstić information content (AvgIpc) is 2.16. The Bertz CT molecular complexity index is 445. The van der Waals surface area contributed by atoms with Crippen molar-refractivity contribution in [1.29, 1.82) is 0 Å². The molecule has 0 bridgehead atoms. The predicted octanol–water partition coefficient (Wildman–Crippen LogP) is 2.13. The smallest absolute Gasteiger partial charge is 0.416 e. The number of aryl methyl sites for hydroxylation is 1. The van der Waals surface area contributed by atoms with Crippen LogP contribution in [0.25, 0.3) is 0 Å². The van der Waals surface area contributed by atoms with E-state index in [1.54, 1.807) is 0 Å². The molecular formula is C10H7F3O4. The SMILES string of the molecule is Cc1cc(C(=O)O)cc(C(F)(F)F)c1.O=C=O. The summed E-state index contributed by atoms with van der Waals surface area (Å²) in [6.07, 6.45) is -4.25. The second-order valence-corrected chi connectivity index (χ2v) is 2.97. The second kappa shape index (κ2) is 5.81. The number of carboxylic acid groups (broad SMARTS) is 1. The van der Waals surface area contributed by atoms with E-state index in [0.29, 0.717) is 6.07 Å². The molecule has 0 atom stereocenters. The first-order valence-corrected chi connectivity index (χ1v) is 4.13. The minimum absolute atomic E-state index is 0.250. The highest BCUT2D eigenvalue weighted by molar-refractivity contribution is 5.88. The number of halogens is 3. The van der Waals surface area contributed by atoms with Crippen molar-refractivity contribution in [3.63, 3.8) is 0 Å². The van der Waals surface area contributed by atoms with Crippen LogP contribution in [0, 0.1) is 6.92 Å². The van der Waals surface area contributed by atoms with Crippen LogP contribution in [0.4, 0.5) is 13.2 Å². The largest absolute Gasteiger partial charge is 0.478 e. The van der Waals surface area contributed by atoms with Gasteiger partial charge in [-0.3, -0.25) is 0 Å². The molecule has 0 saturated carbocycles. The number of carbonyl (C=O) groups is 1. The van der Waals surface area contributed by atoms with E-state index in [4.69, 9.17) is 14.7 Å². The molecule has 92 valence electrons. The van der Waals surface area contributed by atoms with Gasteiger partial charge >= 0.3 is 18.3 Å². The lowest BCUT2D eigenvalue weighted by molar-refractivity contribution is -0.191. The fourth-order valence-corrected chi connectivity index (χ4v) is 1.07. The Morgan fingerprint density at radius 2 is 1.71 bits per heavy atom. The molecule has 1 N–H and O–H groups in total. The van der Waals surface area contributed by atoms with Gasteiger partial charge in [-0.2, -0.15) is 22.8 Å². The van der Waals surface area contributed by atoms with E-state index in [0.717, 1.165) is 6.07 Å². The third-order valence-corrected chi connectivity index (χ3v) is 1.65. The molecule has 1 aromatic rings. The van der Waals surface area contributed by atoms with Gasteiger partial charge < -0.3 is 5.11 Å². The Labute approximate surface area is 93.7 Å². The number of hydrogen-bond donors (Lipinski definition) is 1. The third-order valence-electron chi connectivity index (χ3n) is 1.65. The zero-order chi connectivity index (χ0) is 13.6. The molecule has 0 heterocycles. The van der Waals surface area contributed by atoms with Gasteiger partial charge in [0.05, 0.1) is 11.1 Å². The van der Waals surface area contributed by atoms with Gasteiger partial charge in [0, 0.05) is 0 Å². The van der Waals surface area contributed by atoms with Crippen LogP contribution in [0.15, 0.2) is 18.2 Å². The maximum absolute atomic E-state index is 12.2. The van der Waals surface area contributed by atoms with Crippen molar-refractivity contribution in [3.05, 3.63) is 34.9 Å². The molecule has 0 amide bonds. The minimum atomic E-state index is -4.50. The fraction of sp³-hybridized carbons (Fsp3) is 0.200. The van der Waals surface area contributed by atoms with Crippen LogP contribution in [0.3, 0.4) is 0 Å². The normalized spacial score (nSPS) is 9.88. The zero-order valence-electron chi connectivity index (χ0n) is 8.54. The first-order chi connectivity index (χ1) is 7.72. The topological polar surface area (TPSA) is 71.4 Å². The number of benzene rings is 1. The maximum Gasteiger partial charge on any atom is 0.416 e. The van der Waals surface area contributed by atoms with Crippen LogP contribution in [-0.4, -0.2) is 17.2 Å². The van der Waals surface area contributed by atoms with Gasteiger partial charge in [-0.15, -0.1) is 0 Å². The van der Waals surface area contributed by atoms with Crippen LogP contribution in [-0.2, 0) is 15.8 Å². The molecular weight excluding hydrogens is 241 g/mol. The lowest BCUT2D eigenvalue weighted by atomic mass is 10.1.